The van der Waals surface area contributed by atoms with Crippen molar-refractivity contribution >= 4 is 0 Å². The van der Waals surface area contributed by atoms with Crippen LogP contribution in [0.1, 0.15) is 77.6 Å². The third kappa shape index (κ3) is 8.14. The molecule has 0 aromatic carbocycles. The maximum atomic E-state index is 5.84. The summed E-state index contributed by atoms with van der Waals surface area (Å²) in [6, 6.07) is 0. The minimum atomic E-state index is -0.472. The van der Waals surface area contributed by atoms with Crippen LogP contribution in [0.5, 0.6) is 0 Å². The van der Waals surface area contributed by atoms with Crippen molar-refractivity contribution in [1.82, 2.24) is 0 Å². The molecule has 0 aliphatic carbocycles. The molecular formula is C20H38O2. The average Bonchev–Trinajstić information content (AvgIpc) is 2.55. The van der Waals surface area contributed by atoms with Crippen molar-refractivity contribution in [1.29, 1.82) is 0 Å². The van der Waals surface area contributed by atoms with Gasteiger partial charge in [-0.25, -0.2) is 0 Å². The maximum Gasteiger partial charge on any atom is 0.170 e. The van der Waals surface area contributed by atoms with Gasteiger partial charge in [0.2, 0.25) is 0 Å². The Hall–Kier alpha value is -0.600. The second kappa shape index (κ2) is 14.0. The fraction of sp³-hybridized carbons (Fsp3) is 0.800. The first-order valence-corrected chi connectivity index (χ1v) is 9.02. The lowest BCUT2D eigenvalue weighted by molar-refractivity contribution is -0.246. The Balaban J connectivity index is 4.53. The summed E-state index contributed by atoms with van der Waals surface area (Å²) < 4.78 is 11.7. The molecule has 0 rings (SSSR count). The number of rotatable bonds is 16. The maximum absolute atomic E-state index is 5.84. The van der Waals surface area contributed by atoms with E-state index in [0.29, 0.717) is 5.92 Å². The Morgan fingerprint density at radius 2 is 1.45 bits per heavy atom. The summed E-state index contributed by atoms with van der Waals surface area (Å²) >= 11 is 0. The lowest BCUT2D eigenvalue weighted by atomic mass is 9.85. The van der Waals surface area contributed by atoms with E-state index >= 15 is 0 Å². The highest BCUT2D eigenvalue weighted by atomic mass is 16.7. The van der Waals surface area contributed by atoms with Crippen LogP contribution >= 0.6 is 0 Å². The molecule has 1 unspecified atom stereocenters. The Labute approximate surface area is 139 Å². The minimum Gasteiger partial charge on any atom is -0.353 e. The molecule has 0 saturated carbocycles. The van der Waals surface area contributed by atoms with Crippen LogP contribution < -0.4 is 0 Å². The van der Waals surface area contributed by atoms with Gasteiger partial charge < -0.3 is 9.47 Å². The largest absolute Gasteiger partial charge is 0.353 e. The topological polar surface area (TPSA) is 18.5 Å². The quantitative estimate of drug-likeness (QED) is 0.190. The average molecular weight is 311 g/mol. The number of unbranched alkanes of at least 4 members (excludes halogenated alkanes) is 5. The van der Waals surface area contributed by atoms with E-state index in [4.69, 9.17) is 9.47 Å². The SMILES string of the molecule is C=CCCC(CCCCCCCC)C(CCC=C)(OC)OC. The molecule has 0 radical (unpaired) electrons. The van der Waals surface area contributed by atoms with E-state index in [1.165, 1.54) is 44.9 Å². The standard InChI is InChI=1S/C20H38O2/c1-6-9-12-13-14-15-17-19(16-10-7-2)20(21-4,22-5)18-11-8-3/h7-8,19H,2-3,6,9-18H2,1,4-5H3. The first kappa shape index (κ1) is 21.4. The Kier molecular flexibility index (Phi) is 13.6. The van der Waals surface area contributed by atoms with Crippen molar-refractivity contribution in [3.05, 3.63) is 25.3 Å². The second-order valence-electron chi connectivity index (χ2n) is 6.17. The fourth-order valence-electron chi connectivity index (χ4n) is 3.20. The molecule has 0 aromatic heterocycles. The molecule has 0 spiro atoms. The molecular weight excluding hydrogens is 272 g/mol. The summed E-state index contributed by atoms with van der Waals surface area (Å²) in [6.45, 7) is 9.95. The fourth-order valence-corrected chi connectivity index (χ4v) is 3.20. The zero-order valence-corrected chi connectivity index (χ0v) is 15.2. The van der Waals surface area contributed by atoms with E-state index in [1.54, 1.807) is 14.2 Å². The molecule has 0 amide bonds. The third-order valence-electron chi connectivity index (χ3n) is 4.64. The highest BCUT2D eigenvalue weighted by Gasteiger charge is 2.37. The van der Waals surface area contributed by atoms with Crippen molar-refractivity contribution in [3.8, 4) is 0 Å². The first-order chi connectivity index (χ1) is 10.7. The van der Waals surface area contributed by atoms with E-state index in [0.717, 1.165) is 25.7 Å². The molecule has 0 heterocycles. The molecule has 0 aliphatic heterocycles. The lowest BCUT2D eigenvalue weighted by Gasteiger charge is -2.38. The molecule has 2 heteroatoms. The molecule has 22 heavy (non-hydrogen) atoms. The second-order valence-corrected chi connectivity index (χ2v) is 6.17. The molecule has 0 fully saturated rings. The summed E-state index contributed by atoms with van der Waals surface area (Å²) in [5.74, 6) is -0.0488. The van der Waals surface area contributed by atoms with Crippen LogP contribution in [0.3, 0.4) is 0 Å². The monoisotopic (exact) mass is 310 g/mol. The zero-order chi connectivity index (χ0) is 16.7. The van der Waals surface area contributed by atoms with E-state index in [2.05, 4.69) is 20.1 Å². The van der Waals surface area contributed by atoms with Gasteiger partial charge in [0.05, 0.1) is 0 Å². The molecule has 2 nitrogen and oxygen atoms in total. The van der Waals surface area contributed by atoms with Crippen molar-refractivity contribution in [2.45, 2.75) is 83.3 Å². The zero-order valence-electron chi connectivity index (χ0n) is 15.2. The van der Waals surface area contributed by atoms with Gasteiger partial charge in [-0.3, -0.25) is 0 Å². The van der Waals surface area contributed by atoms with Gasteiger partial charge >= 0.3 is 0 Å². The molecule has 0 N–H and O–H groups in total. The highest BCUT2D eigenvalue weighted by Crippen LogP contribution is 2.35. The molecule has 1 atom stereocenters. The van der Waals surface area contributed by atoms with Crippen LogP contribution in [0.2, 0.25) is 0 Å². The molecule has 0 aliphatic rings. The van der Waals surface area contributed by atoms with Gasteiger partial charge in [-0.05, 0) is 25.7 Å². The van der Waals surface area contributed by atoms with Gasteiger partial charge in [0, 0.05) is 26.6 Å². The Bertz CT molecular complexity index is 269. The van der Waals surface area contributed by atoms with Gasteiger partial charge in [-0.2, -0.15) is 0 Å². The number of methoxy groups -OCH3 is 2. The van der Waals surface area contributed by atoms with E-state index in [9.17, 15) is 0 Å². The van der Waals surface area contributed by atoms with Crippen LogP contribution in [0.15, 0.2) is 25.3 Å². The molecule has 0 bridgehead atoms. The smallest absolute Gasteiger partial charge is 0.170 e. The summed E-state index contributed by atoms with van der Waals surface area (Å²) in [6.07, 6.45) is 17.0. The number of hydrogen-bond donors (Lipinski definition) is 0. The van der Waals surface area contributed by atoms with Crippen molar-refractivity contribution in [2.75, 3.05) is 14.2 Å². The normalized spacial score (nSPS) is 13.0. The van der Waals surface area contributed by atoms with E-state index in [-0.39, 0.29) is 0 Å². The van der Waals surface area contributed by atoms with Gasteiger partial charge in [0.15, 0.2) is 5.79 Å². The molecule has 130 valence electrons. The summed E-state index contributed by atoms with van der Waals surface area (Å²) in [5.41, 5.74) is 0. The van der Waals surface area contributed by atoms with Gasteiger partial charge in [-0.1, -0.05) is 57.6 Å². The molecule has 0 saturated heterocycles. The van der Waals surface area contributed by atoms with Crippen LogP contribution in [-0.4, -0.2) is 20.0 Å². The number of allylic oxidation sites excluding steroid dienone is 2. The number of ether oxygens (including phenoxy) is 2. The van der Waals surface area contributed by atoms with Crippen LogP contribution in [0, 0.1) is 5.92 Å². The van der Waals surface area contributed by atoms with Crippen molar-refractivity contribution in [2.24, 2.45) is 5.92 Å². The predicted octanol–water partition coefficient (Wildman–Crippen LogP) is 6.27. The number of hydrogen-bond acceptors (Lipinski definition) is 2. The third-order valence-corrected chi connectivity index (χ3v) is 4.64. The van der Waals surface area contributed by atoms with Crippen LogP contribution in [0.25, 0.3) is 0 Å². The van der Waals surface area contributed by atoms with Crippen molar-refractivity contribution in [3.63, 3.8) is 0 Å². The first-order valence-electron chi connectivity index (χ1n) is 9.02. The lowest BCUT2D eigenvalue weighted by Crippen LogP contribution is -2.42. The van der Waals surface area contributed by atoms with Crippen molar-refractivity contribution < 1.29 is 9.47 Å². The summed E-state index contributed by atoms with van der Waals surface area (Å²) in [5, 5.41) is 0. The van der Waals surface area contributed by atoms with Crippen LogP contribution in [-0.2, 0) is 9.47 Å². The van der Waals surface area contributed by atoms with Gasteiger partial charge in [0.25, 0.3) is 0 Å². The predicted molar refractivity (Wildman–Crippen MR) is 97.1 cm³/mol. The minimum absolute atomic E-state index is 0.423. The van der Waals surface area contributed by atoms with E-state index in [1.807, 2.05) is 12.2 Å². The Morgan fingerprint density at radius 3 is 2.00 bits per heavy atom. The van der Waals surface area contributed by atoms with Crippen LogP contribution in [0.4, 0.5) is 0 Å². The highest BCUT2D eigenvalue weighted by molar-refractivity contribution is 4.84. The van der Waals surface area contributed by atoms with Gasteiger partial charge in [-0.15, -0.1) is 13.2 Å². The molecule has 0 aromatic rings. The Morgan fingerprint density at radius 1 is 0.864 bits per heavy atom. The van der Waals surface area contributed by atoms with Gasteiger partial charge in [0.1, 0.15) is 0 Å². The van der Waals surface area contributed by atoms with E-state index < -0.39 is 5.79 Å². The summed E-state index contributed by atoms with van der Waals surface area (Å²) in [7, 11) is 3.55. The summed E-state index contributed by atoms with van der Waals surface area (Å²) in [4.78, 5) is 0.